The summed E-state index contributed by atoms with van der Waals surface area (Å²) < 4.78 is 0. The van der Waals surface area contributed by atoms with Crippen molar-refractivity contribution in [2.45, 2.75) is 25.3 Å². The van der Waals surface area contributed by atoms with Crippen LogP contribution < -0.4 is 10.6 Å². The molecule has 82 valence electrons. The number of carbonyl (C=O) groups excluding carboxylic acids is 1. The number of piperidine rings is 1. The van der Waals surface area contributed by atoms with Crippen molar-refractivity contribution in [1.29, 1.82) is 0 Å². The molecule has 1 aliphatic rings. The van der Waals surface area contributed by atoms with Gasteiger partial charge in [0.15, 0.2) is 0 Å². The van der Waals surface area contributed by atoms with E-state index in [2.05, 4.69) is 10.6 Å². The predicted molar refractivity (Wildman–Crippen MR) is 62.1 cm³/mol. The first kappa shape index (κ1) is 10.6. The Kier molecular flexibility index (Phi) is 3.75. The second-order valence-corrected chi connectivity index (χ2v) is 4.68. The van der Waals surface area contributed by atoms with Gasteiger partial charge in [-0.1, -0.05) is 0 Å². The van der Waals surface area contributed by atoms with Gasteiger partial charge in [-0.3, -0.25) is 4.79 Å². The third kappa shape index (κ3) is 3.32. The average Bonchev–Trinajstić information content (AvgIpc) is 2.71. The molecule has 2 heterocycles. The smallest absolute Gasteiger partial charge is 0.224 e. The molecule has 1 saturated heterocycles. The standard InChI is InChI=1S/C11H16N2OS/c14-11(7-9-3-6-15-8-9)13-10-1-4-12-5-2-10/h3,6,8,10,12H,1-2,4-5,7H2,(H,13,14). The first-order valence-corrected chi connectivity index (χ1v) is 6.30. The number of nitrogens with one attached hydrogen (secondary N) is 2. The molecule has 1 aliphatic heterocycles. The highest BCUT2D eigenvalue weighted by atomic mass is 32.1. The molecule has 2 N–H and O–H groups in total. The maximum Gasteiger partial charge on any atom is 0.224 e. The minimum Gasteiger partial charge on any atom is -0.353 e. The molecule has 0 saturated carbocycles. The summed E-state index contributed by atoms with van der Waals surface area (Å²) in [6.07, 6.45) is 2.62. The fourth-order valence-electron chi connectivity index (χ4n) is 1.82. The van der Waals surface area contributed by atoms with Crippen LogP contribution in [0.1, 0.15) is 18.4 Å². The summed E-state index contributed by atoms with van der Waals surface area (Å²) in [5.41, 5.74) is 1.12. The Morgan fingerprint density at radius 3 is 3.00 bits per heavy atom. The minimum absolute atomic E-state index is 0.153. The van der Waals surface area contributed by atoms with E-state index in [-0.39, 0.29) is 5.91 Å². The topological polar surface area (TPSA) is 41.1 Å². The van der Waals surface area contributed by atoms with Crippen LogP contribution in [0.5, 0.6) is 0 Å². The summed E-state index contributed by atoms with van der Waals surface area (Å²) in [6.45, 7) is 2.03. The maximum atomic E-state index is 11.7. The lowest BCUT2D eigenvalue weighted by molar-refractivity contribution is -0.121. The van der Waals surface area contributed by atoms with Gasteiger partial charge in [0.05, 0.1) is 6.42 Å². The monoisotopic (exact) mass is 224 g/mol. The van der Waals surface area contributed by atoms with Crippen LogP contribution in [0, 0.1) is 0 Å². The van der Waals surface area contributed by atoms with Gasteiger partial charge in [0.1, 0.15) is 0 Å². The van der Waals surface area contributed by atoms with E-state index in [1.807, 2.05) is 16.8 Å². The van der Waals surface area contributed by atoms with Crippen molar-refractivity contribution in [3.63, 3.8) is 0 Å². The number of rotatable bonds is 3. The summed E-state index contributed by atoms with van der Waals surface area (Å²) >= 11 is 1.64. The zero-order valence-corrected chi connectivity index (χ0v) is 9.48. The molecule has 4 heteroatoms. The number of hydrogen-bond acceptors (Lipinski definition) is 3. The maximum absolute atomic E-state index is 11.7. The second-order valence-electron chi connectivity index (χ2n) is 3.90. The highest BCUT2D eigenvalue weighted by Gasteiger charge is 2.15. The molecule has 1 amide bonds. The summed E-state index contributed by atoms with van der Waals surface area (Å²) in [6, 6.07) is 2.38. The van der Waals surface area contributed by atoms with Gasteiger partial charge in [-0.15, -0.1) is 0 Å². The Balaban J connectivity index is 1.76. The summed E-state index contributed by atoms with van der Waals surface area (Å²) in [5, 5.41) is 10.4. The van der Waals surface area contributed by atoms with E-state index in [1.165, 1.54) is 0 Å². The number of amides is 1. The Morgan fingerprint density at radius 2 is 2.33 bits per heavy atom. The third-order valence-electron chi connectivity index (χ3n) is 2.65. The lowest BCUT2D eigenvalue weighted by atomic mass is 10.1. The number of thiophene rings is 1. The molecule has 3 nitrogen and oxygen atoms in total. The van der Waals surface area contributed by atoms with Crippen molar-refractivity contribution in [3.8, 4) is 0 Å². The van der Waals surface area contributed by atoms with E-state index >= 15 is 0 Å². The molecular formula is C11H16N2OS. The van der Waals surface area contributed by atoms with Crippen LogP contribution in [0.4, 0.5) is 0 Å². The Hall–Kier alpha value is -0.870. The van der Waals surface area contributed by atoms with E-state index in [0.717, 1.165) is 31.5 Å². The van der Waals surface area contributed by atoms with Gasteiger partial charge in [-0.25, -0.2) is 0 Å². The summed E-state index contributed by atoms with van der Waals surface area (Å²) in [5.74, 6) is 0.153. The Labute approximate surface area is 93.9 Å². The van der Waals surface area contributed by atoms with E-state index in [1.54, 1.807) is 11.3 Å². The molecule has 2 rings (SSSR count). The van der Waals surface area contributed by atoms with Gasteiger partial charge in [0.2, 0.25) is 5.91 Å². The molecule has 0 radical (unpaired) electrons. The first-order chi connectivity index (χ1) is 7.34. The third-order valence-corrected chi connectivity index (χ3v) is 3.38. The van der Waals surface area contributed by atoms with Crippen LogP contribution >= 0.6 is 11.3 Å². The van der Waals surface area contributed by atoms with Gasteiger partial charge in [-0.2, -0.15) is 11.3 Å². The summed E-state index contributed by atoms with van der Waals surface area (Å²) in [4.78, 5) is 11.7. The lowest BCUT2D eigenvalue weighted by Gasteiger charge is -2.23. The van der Waals surface area contributed by atoms with Gasteiger partial charge < -0.3 is 10.6 Å². The van der Waals surface area contributed by atoms with Gasteiger partial charge >= 0.3 is 0 Å². The molecular weight excluding hydrogens is 208 g/mol. The molecule has 0 atom stereocenters. The average molecular weight is 224 g/mol. The van der Waals surface area contributed by atoms with E-state index in [0.29, 0.717) is 12.5 Å². The molecule has 0 spiro atoms. The van der Waals surface area contributed by atoms with Crippen molar-refractivity contribution < 1.29 is 4.79 Å². The van der Waals surface area contributed by atoms with Crippen LogP contribution in [0.3, 0.4) is 0 Å². The molecule has 1 aromatic rings. The molecule has 0 aliphatic carbocycles. The Bertz CT molecular complexity index is 304. The molecule has 1 aromatic heterocycles. The van der Waals surface area contributed by atoms with Gasteiger partial charge in [0, 0.05) is 6.04 Å². The van der Waals surface area contributed by atoms with Crippen molar-refractivity contribution in [1.82, 2.24) is 10.6 Å². The molecule has 0 unspecified atom stereocenters. The van der Waals surface area contributed by atoms with Crippen LogP contribution in [0.2, 0.25) is 0 Å². The number of carbonyl (C=O) groups is 1. The predicted octanol–water partition coefficient (Wildman–Crippen LogP) is 1.16. The zero-order chi connectivity index (χ0) is 10.5. The highest BCUT2D eigenvalue weighted by Crippen LogP contribution is 2.07. The second kappa shape index (κ2) is 5.28. The number of hydrogen-bond donors (Lipinski definition) is 2. The van der Waals surface area contributed by atoms with Crippen molar-refractivity contribution >= 4 is 17.2 Å². The van der Waals surface area contributed by atoms with Crippen molar-refractivity contribution in [3.05, 3.63) is 22.4 Å². The first-order valence-electron chi connectivity index (χ1n) is 5.36. The lowest BCUT2D eigenvalue weighted by Crippen LogP contribution is -2.43. The van der Waals surface area contributed by atoms with Crippen LogP contribution in [-0.4, -0.2) is 25.0 Å². The quantitative estimate of drug-likeness (QED) is 0.809. The fourth-order valence-corrected chi connectivity index (χ4v) is 2.49. The molecule has 1 fully saturated rings. The van der Waals surface area contributed by atoms with Gasteiger partial charge in [0.25, 0.3) is 0 Å². The largest absolute Gasteiger partial charge is 0.353 e. The minimum atomic E-state index is 0.153. The van der Waals surface area contributed by atoms with Gasteiger partial charge in [-0.05, 0) is 48.3 Å². The van der Waals surface area contributed by atoms with E-state index < -0.39 is 0 Å². The van der Waals surface area contributed by atoms with Crippen molar-refractivity contribution in [2.75, 3.05) is 13.1 Å². The normalized spacial score (nSPS) is 17.6. The highest BCUT2D eigenvalue weighted by molar-refractivity contribution is 7.07. The SMILES string of the molecule is O=C(Cc1ccsc1)NC1CCNCC1. The molecule has 0 aromatic carbocycles. The van der Waals surface area contributed by atoms with E-state index in [4.69, 9.17) is 0 Å². The molecule has 15 heavy (non-hydrogen) atoms. The van der Waals surface area contributed by atoms with E-state index in [9.17, 15) is 4.79 Å². The van der Waals surface area contributed by atoms with Crippen LogP contribution in [0.25, 0.3) is 0 Å². The Morgan fingerprint density at radius 1 is 1.53 bits per heavy atom. The molecule has 0 bridgehead atoms. The zero-order valence-electron chi connectivity index (χ0n) is 8.66. The van der Waals surface area contributed by atoms with Crippen LogP contribution in [0.15, 0.2) is 16.8 Å². The van der Waals surface area contributed by atoms with Crippen LogP contribution in [-0.2, 0) is 11.2 Å². The summed E-state index contributed by atoms with van der Waals surface area (Å²) in [7, 11) is 0. The van der Waals surface area contributed by atoms with Crippen molar-refractivity contribution in [2.24, 2.45) is 0 Å². The fraction of sp³-hybridized carbons (Fsp3) is 0.545.